The Balaban J connectivity index is 0.00000162. The number of benzene rings is 1. The van der Waals surface area contributed by atoms with E-state index in [1.54, 1.807) is 0 Å². The van der Waals surface area contributed by atoms with Crippen LogP contribution in [0, 0.1) is 0 Å². The molecule has 1 N–H and O–H groups in total. The maximum absolute atomic E-state index is 4.78. The van der Waals surface area contributed by atoms with E-state index in [2.05, 4.69) is 50.4 Å². The molecule has 1 aliphatic rings. The van der Waals surface area contributed by atoms with E-state index >= 15 is 0 Å². The molecule has 1 fully saturated rings. The number of rotatable bonds is 2. The molecule has 0 aromatic heterocycles. The van der Waals surface area contributed by atoms with Gasteiger partial charge in [0.2, 0.25) is 0 Å². The summed E-state index contributed by atoms with van der Waals surface area (Å²) >= 11 is 0. The number of hydrogen-bond donors (Lipinski definition) is 1. The standard InChI is InChI=1S/C15H23N2.K/c1-15(2,3)12-6-8-13(9-7-12)17-14-5-4-10-16-11-14;/h6-9,14,16H,4-5,10-11H2,1-3H3;/q-1;+1/t14-;/m1./s1. The largest absolute Gasteiger partial charge is 1.00 e. The molecular formula is C15H23KN2. The summed E-state index contributed by atoms with van der Waals surface area (Å²) in [4.78, 5) is 0. The molecule has 18 heavy (non-hydrogen) atoms. The normalized spacial score (nSPS) is 20.1. The molecule has 2 rings (SSSR count). The second-order valence-electron chi connectivity index (χ2n) is 5.93. The van der Waals surface area contributed by atoms with Crippen molar-refractivity contribution in [2.24, 2.45) is 0 Å². The van der Waals surface area contributed by atoms with Crippen molar-refractivity contribution in [3.8, 4) is 0 Å². The van der Waals surface area contributed by atoms with Crippen molar-refractivity contribution < 1.29 is 51.4 Å². The SMILES string of the molecule is CC(C)(C)c1ccc([N-][C@@H]2CCCNC2)cc1.[K+]. The predicted molar refractivity (Wildman–Crippen MR) is 74.1 cm³/mol. The van der Waals surface area contributed by atoms with E-state index in [0.29, 0.717) is 6.04 Å². The summed E-state index contributed by atoms with van der Waals surface area (Å²) in [6.07, 6.45) is 2.46. The molecule has 1 aromatic rings. The Kier molecular flexibility index (Phi) is 6.86. The van der Waals surface area contributed by atoms with Crippen LogP contribution in [-0.2, 0) is 5.41 Å². The Bertz CT molecular complexity index is 348. The van der Waals surface area contributed by atoms with Crippen LogP contribution in [0.15, 0.2) is 24.3 Å². The molecule has 1 heterocycles. The smallest absolute Gasteiger partial charge is 0.681 e. The van der Waals surface area contributed by atoms with Crippen LogP contribution in [0.5, 0.6) is 0 Å². The molecule has 94 valence electrons. The van der Waals surface area contributed by atoms with E-state index in [0.717, 1.165) is 18.8 Å². The van der Waals surface area contributed by atoms with Gasteiger partial charge in [-0.1, -0.05) is 51.5 Å². The molecule has 3 heteroatoms. The van der Waals surface area contributed by atoms with E-state index in [9.17, 15) is 0 Å². The summed E-state index contributed by atoms with van der Waals surface area (Å²) in [5, 5.41) is 8.18. The van der Waals surface area contributed by atoms with Crippen LogP contribution in [0.25, 0.3) is 5.32 Å². The third-order valence-corrected chi connectivity index (χ3v) is 3.34. The quantitative estimate of drug-likeness (QED) is 0.789. The van der Waals surface area contributed by atoms with Crippen LogP contribution in [0.4, 0.5) is 5.69 Å². The Morgan fingerprint density at radius 2 is 1.83 bits per heavy atom. The summed E-state index contributed by atoms with van der Waals surface area (Å²) in [7, 11) is 0. The Morgan fingerprint density at radius 1 is 1.17 bits per heavy atom. The molecule has 0 spiro atoms. The maximum atomic E-state index is 4.78. The first kappa shape index (κ1) is 16.7. The molecule has 0 saturated carbocycles. The average Bonchev–Trinajstić information content (AvgIpc) is 2.30. The fraction of sp³-hybridized carbons (Fsp3) is 0.600. The molecule has 0 amide bonds. The molecule has 1 atom stereocenters. The molecule has 2 nitrogen and oxygen atoms in total. The van der Waals surface area contributed by atoms with Gasteiger partial charge in [-0.3, -0.25) is 0 Å². The monoisotopic (exact) mass is 270 g/mol. The summed E-state index contributed by atoms with van der Waals surface area (Å²) in [5.74, 6) is 0. The van der Waals surface area contributed by atoms with E-state index < -0.39 is 0 Å². The van der Waals surface area contributed by atoms with E-state index in [-0.39, 0.29) is 56.8 Å². The first-order valence-corrected chi connectivity index (χ1v) is 6.58. The van der Waals surface area contributed by atoms with Gasteiger partial charge in [-0.05, 0) is 30.5 Å². The predicted octanol–water partition coefficient (Wildman–Crippen LogP) is 0.745. The number of nitrogens with zero attached hydrogens (tertiary/aromatic N) is 1. The van der Waals surface area contributed by atoms with Gasteiger partial charge in [-0.15, -0.1) is 11.7 Å². The number of hydrogen-bond acceptors (Lipinski definition) is 1. The fourth-order valence-electron chi connectivity index (χ4n) is 2.20. The minimum Gasteiger partial charge on any atom is -0.681 e. The van der Waals surface area contributed by atoms with Crippen molar-refractivity contribution in [2.45, 2.75) is 45.1 Å². The third-order valence-electron chi connectivity index (χ3n) is 3.34. The summed E-state index contributed by atoms with van der Waals surface area (Å²) < 4.78 is 0. The third kappa shape index (κ3) is 4.95. The zero-order chi connectivity index (χ0) is 12.3. The Hall–Kier alpha value is 0.616. The molecule has 0 aliphatic carbocycles. The first-order chi connectivity index (χ1) is 8.05. The number of piperidine rings is 1. The van der Waals surface area contributed by atoms with Crippen LogP contribution >= 0.6 is 0 Å². The van der Waals surface area contributed by atoms with Gasteiger partial charge >= 0.3 is 51.4 Å². The summed E-state index contributed by atoms with van der Waals surface area (Å²) in [6.45, 7) is 8.90. The van der Waals surface area contributed by atoms with Crippen LogP contribution < -0.4 is 56.7 Å². The van der Waals surface area contributed by atoms with Gasteiger partial charge in [0.1, 0.15) is 0 Å². The fourth-order valence-corrected chi connectivity index (χ4v) is 2.20. The van der Waals surface area contributed by atoms with E-state index in [1.165, 1.54) is 18.4 Å². The van der Waals surface area contributed by atoms with E-state index in [4.69, 9.17) is 5.32 Å². The van der Waals surface area contributed by atoms with Crippen molar-refractivity contribution in [3.05, 3.63) is 35.1 Å². The Morgan fingerprint density at radius 3 is 2.33 bits per heavy atom. The second-order valence-corrected chi connectivity index (χ2v) is 5.93. The van der Waals surface area contributed by atoms with Gasteiger partial charge in [-0.25, -0.2) is 0 Å². The minimum absolute atomic E-state index is 0. The molecule has 0 unspecified atom stereocenters. The van der Waals surface area contributed by atoms with Gasteiger partial charge in [0.05, 0.1) is 0 Å². The van der Waals surface area contributed by atoms with Crippen molar-refractivity contribution in [1.29, 1.82) is 0 Å². The number of nitrogens with one attached hydrogen (secondary N) is 1. The van der Waals surface area contributed by atoms with Gasteiger partial charge in [-0.2, -0.15) is 0 Å². The van der Waals surface area contributed by atoms with Gasteiger partial charge in [0.15, 0.2) is 0 Å². The zero-order valence-electron chi connectivity index (χ0n) is 12.2. The van der Waals surface area contributed by atoms with Gasteiger partial charge < -0.3 is 10.6 Å². The van der Waals surface area contributed by atoms with Crippen molar-refractivity contribution >= 4 is 5.69 Å². The molecule has 0 bridgehead atoms. The molecule has 1 saturated heterocycles. The van der Waals surface area contributed by atoms with Crippen molar-refractivity contribution in [3.63, 3.8) is 0 Å². The van der Waals surface area contributed by atoms with E-state index in [1.807, 2.05) is 0 Å². The maximum Gasteiger partial charge on any atom is 1.00 e. The minimum atomic E-state index is 0. The van der Waals surface area contributed by atoms with Crippen LogP contribution in [0.1, 0.15) is 39.2 Å². The van der Waals surface area contributed by atoms with Gasteiger partial charge in [0.25, 0.3) is 0 Å². The molecule has 0 radical (unpaired) electrons. The molecule has 1 aromatic carbocycles. The summed E-state index contributed by atoms with van der Waals surface area (Å²) in [6, 6.07) is 9.17. The topological polar surface area (TPSA) is 26.1 Å². The van der Waals surface area contributed by atoms with Crippen LogP contribution in [0.3, 0.4) is 0 Å². The summed E-state index contributed by atoms with van der Waals surface area (Å²) in [5.41, 5.74) is 2.72. The zero-order valence-corrected chi connectivity index (χ0v) is 15.3. The first-order valence-electron chi connectivity index (χ1n) is 6.58. The molecular weight excluding hydrogens is 247 g/mol. The Labute approximate surface area is 154 Å². The average molecular weight is 270 g/mol. The van der Waals surface area contributed by atoms with Crippen molar-refractivity contribution in [2.75, 3.05) is 13.1 Å². The van der Waals surface area contributed by atoms with Crippen LogP contribution in [-0.4, -0.2) is 19.1 Å². The second kappa shape index (κ2) is 7.41. The van der Waals surface area contributed by atoms with Gasteiger partial charge in [0, 0.05) is 0 Å². The van der Waals surface area contributed by atoms with Crippen LogP contribution in [0.2, 0.25) is 0 Å². The van der Waals surface area contributed by atoms with Crippen molar-refractivity contribution in [1.82, 2.24) is 5.32 Å². The molecule has 1 aliphatic heterocycles.